The molecule has 0 saturated carbocycles. The standard InChI is InChI=1S/C13H18O2/c1-12(2)10-8-9(14-5)6-7-11(10)15-13(12,3)4/h6-8H,1-5H3. The Morgan fingerprint density at radius 1 is 1.13 bits per heavy atom. The van der Waals surface area contributed by atoms with Crippen LogP contribution in [0.25, 0.3) is 0 Å². The summed E-state index contributed by atoms with van der Waals surface area (Å²) < 4.78 is 11.2. The summed E-state index contributed by atoms with van der Waals surface area (Å²) >= 11 is 0. The second kappa shape index (κ2) is 2.91. The fraction of sp³-hybridized carbons (Fsp3) is 0.538. The highest BCUT2D eigenvalue weighted by Gasteiger charge is 2.47. The van der Waals surface area contributed by atoms with Crippen LogP contribution in [0.1, 0.15) is 33.3 Å². The molecule has 0 saturated heterocycles. The summed E-state index contributed by atoms with van der Waals surface area (Å²) in [6, 6.07) is 6.01. The minimum Gasteiger partial charge on any atom is -0.497 e. The van der Waals surface area contributed by atoms with Crippen LogP contribution in [0.2, 0.25) is 0 Å². The zero-order chi connectivity index (χ0) is 11.3. The molecule has 1 aliphatic heterocycles. The maximum Gasteiger partial charge on any atom is 0.124 e. The van der Waals surface area contributed by atoms with Gasteiger partial charge in [-0.1, -0.05) is 13.8 Å². The Kier molecular flexibility index (Phi) is 2.00. The highest BCUT2D eigenvalue weighted by Crippen LogP contribution is 2.49. The zero-order valence-electron chi connectivity index (χ0n) is 10.0. The highest BCUT2D eigenvalue weighted by molar-refractivity contribution is 5.49. The van der Waals surface area contributed by atoms with Gasteiger partial charge in [-0.25, -0.2) is 0 Å². The summed E-state index contributed by atoms with van der Waals surface area (Å²) in [4.78, 5) is 0. The van der Waals surface area contributed by atoms with Gasteiger partial charge >= 0.3 is 0 Å². The molecular weight excluding hydrogens is 188 g/mol. The van der Waals surface area contributed by atoms with Crippen molar-refractivity contribution in [1.82, 2.24) is 0 Å². The molecule has 1 aromatic rings. The van der Waals surface area contributed by atoms with E-state index in [0.717, 1.165) is 11.5 Å². The largest absolute Gasteiger partial charge is 0.497 e. The van der Waals surface area contributed by atoms with Gasteiger partial charge in [0.1, 0.15) is 17.1 Å². The van der Waals surface area contributed by atoms with Gasteiger partial charge in [-0.05, 0) is 32.0 Å². The molecule has 2 nitrogen and oxygen atoms in total. The van der Waals surface area contributed by atoms with E-state index in [4.69, 9.17) is 9.47 Å². The number of ether oxygens (including phenoxy) is 2. The zero-order valence-corrected chi connectivity index (χ0v) is 10.0. The fourth-order valence-corrected chi connectivity index (χ4v) is 1.94. The predicted octanol–water partition coefficient (Wildman–Crippen LogP) is 3.14. The molecule has 2 heteroatoms. The summed E-state index contributed by atoms with van der Waals surface area (Å²) in [5.41, 5.74) is 1.07. The first kappa shape index (κ1) is 10.3. The van der Waals surface area contributed by atoms with Crippen LogP contribution in [0.4, 0.5) is 0 Å². The summed E-state index contributed by atoms with van der Waals surface area (Å²) in [5.74, 6) is 1.87. The van der Waals surface area contributed by atoms with Crippen LogP contribution in [-0.4, -0.2) is 12.7 Å². The minimum absolute atomic E-state index is 0.0108. The Labute approximate surface area is 91.2 Å². The monoisotopic (exact) mass is 206 g/mol. The van der Waals surface area contributed by atoms with Crippen molar-refractivity contribution in [2.24, 2.45) is 0 Å². The van der Waals surface area contributed by atoms with E-state index < -0.39 is 0 Å². The van der Waals surface area contributed by atoms with Crippen molar-refractivity contribution in [3.05, 3.63) is 23.8 Å². The first-order valence-corrected chi connectivity index (χ1v) is 5.26. The van der Waals surface area contributed by atoms with E-state index >= 15 is 0 Å². The number of hydrogen-bond acceptors (Lipinski definition) is 2. The molecule has 2 rings (SSSR count). The fourth-order valence-electron chi connectivity index (χ4n) is 1.94. The number of rotatable bonds is 1. The van der Waals surface area contributed by atoms with Crippen molar-refractivity contribution in [2.45, 2.75) is 38.7 Å². The molecule has 0 amide bonds. The van der Waals surface area contributed by atoms with E-state index in [-0.39, 0.29) is 11.0 Å². The van der Waals surface area contributed by atoms with Crippen LogP contribution in [0, 0.1) is 0 Å². The Morgan fingerprint density at radius 2 is 1.80 bits per heavy atom. The lowest BCUT2D eigenvalue weighted by atomic mass is 9.74. The molecule has 15 heavy (non-hydrogen) atoms. The van der Waals surface area contributed by atoms with Crippen LogP contribution >= 0.6 is 0 Å². The molecule has 0 aromatic heterocycles. The molecule has 0 bridgehead atoms. The molecule has 0 aliphatic carbocycles. The third kappa shape index (κ3) is 1.31. The van der Waals surface area contributed by atoms with Crippen molar-refractivity contribution in [2.75, 3.05) is 7.11 Å². The number of hydrogen-bond donors (Lipinski definition) is 0. The molecular formula is C13H18O2. The van der Waals surface area contributed by atoms with E-state index in [0.29, 0.717) is 0 Å². The van der Waals surface area contributed by atoms with Crippen LogP contribution in [0.15, 0.2) is 18.2 Å². The second-order valence-electron chi connectivity index (χ2n) is 5.10. The lowest BCUT2D eigenvalue weighted by Gasteiger charge is -2.33. The summed E-state index contributed by atoms with van der Waals surface area (Å²) in [5, 5.41) is 0. The van der Waals surface area contributed by atoms with Crippen LogP contribution < -0.4 is 9.47 Å². The molecule has 82 valence electrons. The smallest absolute Gasteiger partial charge is 0.124 e. The molecule has 1 heterocycles. The van der Waals surface area contributed by atoms with Gasteiger partial charge in [0.25, 0.3) is 0 Å². The van der Waals surface area contributed by atoms with Gasteiger partial charge in [-0.2, -0.15) is 0 Å². The van der Waals surface area contributed by atoms with E-state index in [9.17, 15) is 0 Å². The first-order valence-electron chi connectivity index (χ1n) is 5.26. The van der Waals surface area contributed by atoms with Crippen molar-refractivity contribution >= 4 is 0 Å². The SMILES string of the molecule is COc1ccc2c(c1)C(C)(C)C(C)(C)O2. The Balaban J connectivity index is 2.56. The Morgan fingerprint density at radius 3 is 2.40 bits per heavy atom. The van der Waals surface area contributed by atoms with Gasteiger partial charge in [0.2, 0.25) is 0 Å². The summed E-state index contributed by atoms with van der Waals surface area (Å²) in [7, 11) is 1.69. The molecule has 0 N–H and O–H groups in total. The van der Waals surface area contributed by atoms with E-state index in [1.165, 1.54) is 5.56 Å². The predicted molar refractivity (Wildman–Crippen MR) is 60.7 cm³/mol. The second-order valence-corrected chi connectivity index (χ2v) is 5.10. The number of benzene rings is 1. The van der Waals surface area contributed by atoms with Crippen LogP contribution in [-0.2, 0) is 5.41 Å². The van der Waals surface area contributed by atoms with E-state index in [1.54, 1.807) is 7.11 Å². The lowest BCUT2D eigenvalue weighted by molar-refractivity contribution is 0.0712. The minimum atomic E-state index is -0.165. The molecule has 0 spiro atoms. The molecule has 1 aromatic carbocycles. The van der Waals surface area contributed by atoms with Crippen LogP contribution in [0.5, 0.6) is 11.5 Å². The Hall–Kier alpha value is -1.18. The van der Waals surface area contributed by atoms with Gasteiger partial charge in [-0.15, -0.1) is 0 Å². The molecule has 1 aliphatic rings. The Bertz CT molecular complexity index is 392. The van der Waals surface area contributed by atoms with Gasteiger partial charge in [0.05, 0.1) is 7.11 Å². The summed E-state index contributed by atoms with van der Waals surface area (Å²) in [6.07, 6.45) is 0. The summed E-state index contributed by atoms with van der Waals surface area (Å²) in [6.45, 7) is 8.66. The van der Waals surface area contributed by atoms with Crippen molar-refractivity contribution in [3.8, 4) is 11.5 Å². The van der Waals surface area contributed by atoms with Gasteiger partial charge in [0, 0.05) is 11.0 Å². The maximum absolute atomic E-state index is 5.95. The van der Waals surface area contributed by atoms with Crippen LogP contribution in [0.3, 0.4) is 0 Å². The average molecular weight is 206 g/mol. The van der Waals surface area contributed by atoms with E-state index in [1.807, 2.05) is 12.1 Å². The van der Waals surface area contributed by atoms with Gasteiger partial charge in [-0.3, -0.25) is 0 Å². The van der Waals surface area contributed by atoms with Crippen molar-refractivity contribution in [3.63, 3.8) is 0 Å². The normalized spacial score (nSPS) is 20.6. The maximum atomic E-state index is 5.95. The van der Waals surface area contributed by atoms with Crippen molar-refractivity contribution in [1.29, 1.82) is 0 Å². The molecule has 0 fully saturated rings. The molecule has 0 unspecified atom stereocenters. The van der Waals surface area contributed by atoms with Crippen molar-refractivity contribution < 1.29 is 9.47 Å². The number of fused-ring (bicyclic) bond motifs is 1. The highest BCUT2D eigenvalue weighted by atomic mass is 16.5. The average Bonchev–Trinajstić information content (AvgIpc) is 2.34. The molecule has 0 radical (unpaired) electrons. The molecule has 0 atom stereocenters. The van der Waals surface area contributed by atoms with Gasteiger partial charge in [0.15, 0.2) is 0 Å². The number of methoxy groups -OCH3 is 1. The van der Waals surface area contributed by atoms with E-state index in [2.05, 4.69) is 33.8 Å². The topological polar surface area (TPSA) is 18.5 Å². The lowest BCUT2D eigenvalue weighted by Crippen LogP contribution is -2.41. The van der Waals surface area contributed by atoms with Gasteiger partial charge < -0.3 is 9.47 Å². The quantitative estimate of drug-likeness (QED) is 0.702. The third-order valence-electron chi connectivity index (χ3n) is 3.73. The third-order valence-corrected chi connectivity index (χ3v) is 3.73. The first-order chi connectivity index (χ1) is 6.88.